The molecule has 4 nitrogen and oxygen atoms in total. The Labute approximate surface area is 147 Å². The lowest BCUT2D eigenvalue weighted by Gasteiger charge is -2.22. The highest BCUT2D eigenvalue weighted by molar-refractivity contribution is 7.99. The van der Waals surface area contributed by atoms with Crippen molar-refractivity contribution < 1.29 is 9.53 Å². The van der Waals surface area contributed by atoms with Gasteiger partial charge in [-0.2, -0.15) is 11.8 Å². The van der Waals surface area contributed by atoms with Gasteiger partial charge in [-0.25, -0.2) is 0 Å². The van der Waals surface area contributed by atoms with E-state index in [1.54, 1.807) is 0 Å². The zero-order valence-electron chi connectivity index (χ0n) is 13.5. The largest absolute Gasteiger partial charge is 0.457 e. The Morgan fingerprint density at radius 1 is 1.17 bits per heavy atom. The topological polar surface area (TPSA) is 50.4 Å². The summed E-state index contributed by atoms with van der Waals surface area (Å²) in [5.74, 6) is 3.77. The van der Waals surface area contributed by atoms with Crippen LogP contribution in [0.3, 0.4) is 0 Å². The predicted molar refractivity (Wildman–Crippen MR) is 98.5 cm³/mol. The lowest BCUT2D eigenvalue weighted by molar-refractivity contribution is -0.121. The van der Waals surface area contributed by atoms with Crippen molar-refractivity contribution in [3.8, 4) is 11.5 Å². The molecule has 1 aliphatic rings. The van der Waals surface area contributed by atoms with Crippen LogP contribution in [0.2, 0.25) is 0 Å². The number of hydrogen-bond acceptors (Lipinski definition) is 4. The molecule has 126 valence electrons. The molecule has 2 N–H and O–H groups in total. The van der Waals surface area contributed by atoms with Crippen LogP contribution in [0.25, 0.3) is 0 Å². The lowest BCUT2D eigenvalue weighted by atomic mass is 10.2. The first kappa shape index (κ1) is 16.9. The fourth-order valence-electron chi connectivity index (χ4n) is 2.61. The van der Waals surface area contributed by atoms with Crippen LogP contribution in [0.4, 0.5) is 0 Å². The van der Waals surface area contributed by atoms with E-state index in [1.165, 1.54) is 0 Å². The zero-order chi connectivity index (χ0) is 16.6. The summed E-state index contributed by atoms with van der Waals surface area (Å²) in [6.07, 6.45) is 0.523. The fraction of sp³-hybridized carbons (Fsp3) is 0.316. The number of carbonyl (C=O) groups excluding carboxylic acids is 1. The third kappa shape index (κ3) is 5.01. The van der Waals surface area contributed by atoms with Crippen LogP contribution in [-0.4, -0.2) is 30.0 Å². The van der Waals surface area contributed by atoms with Crippen molar-refractivity contribution in [3.05, 3.63) is 60.2 Å². The summed E-state index contributed by atoms with van der Waals surface area (Å²) < 4.78 is 5.92. The molecule has 1 amide bonds. The predicted octanol–water partition coefficient (Wildman–Crippen LogP) is 3.19. The maximum absolute atomic E-state index is 12.2. The van der Waals surface area contributed by atoms with Crippen molar-refractivity contribution in [2.75, 3.05) is 18.1 Å². The number of carbonyl (C=O) groups is 1. The molecule has 1 aliphatic heterocycles. The Morgan fingerprint density at radius 2 is 1.96 bits per heavy atom. The van der Waals surface area contributed by atoms with Crippen molar-refractivity contribution in [2.45, 2.75) is 19.0 Å². The minimum atomic E-state index is 0.0736. The Kier molecular flexibility index (Phi) is 6.15. The summed E-state index contributed by atoms with van der Waals surface area (Å²) in [7, 11) is 0. The van der Waals surface area contributed by atoms with E-state index in [9.17, 15) is 4.79 Å². The molecule has 3 rings (SSSR count). The minimum absolute atomic E-state index is 0.0736. The molecule has 2 aromatic carbocycles. The standard InChI is InChI=1S/C19H22N2O2S/c22-19(12-16-14-24-11-10-20-16)21-13-15-6-4-5-9-18(15)23-17-7-2-1-3-8-17/h1-9,16,20H,10-14H2,(H,21,22). The van der Waals surface area contributed by atoms with Gasteiger partial charge in [-0.1, -0.05) is 36.4 Å². The highest BCUT2D eigenvalue weighted by Gasteiger charge is 2.16. The van der Waals surface area contributed by atoms with Gasteiger partial charge in [-0.05, 0) is 18.2 Å². The summed E-state index contributed by atoms with van der Waals surface area (Å²) in [6.45, 7) is 1.46. The minimum Gasteiger partial charge on any atom is -0.457 e. The smallest absolute Gasteiger partial charge is 0.221 e. The molecular formula is C19H22N2O2S. The van der Waals surface area contributed by atoms with Gasteiger partial charge in [-0.3, -0.25) is 4.79 Å². The van der Waals surface area contributed by atoms with Crippen molar-refractivity contribution in [3.63, 3.8) is 0 Å². The average Bonchev–Trinajstić information content (AvgIpc) is 2.63. The van der Waals surface area contributed by atoms with Crippen LogP contribution in [0.5, 0.6) is 11.5 Å². The molecule has 1 fully saturated rings. The molecule has 1 atom stereocenters. The van der Waals surface area contributed by atoms with E-state index in [1.807, 2.05) is 66.4 Å². The molecule has 2 aromatic rings. The second kappa shape index (κ2) is 8.76. The second-order valence-corrected chi connectivity index (χ2v) is 6.88. The SMILES string of the molecule is O=C(CC1CSCCN1)NCc1ccccc1Oc1ccccc1. The first-order chi connectivity index (χ1) is 11.8. The van der Waals surface area contributed by atoms with Crippen LogP contribution in [-0.2, 0) is 11.3 Å². The van der Waals surface area contributed by atoms with E-state index in [4.69, 9.17) is 4.74 Å². The van der Waals surface area contributed by atoms with Gasteiger partial charge in [0.2, 0.25) is 5.91 Å². The van der Waals surface area contributed by atoms with Gasteiger partial charge >= 0.3 is 0 Å². The van der Waals surface area contributed by atoms with Crippen LogP contribution in [0, 0.1) is 0 Å². The van der Waals surface area contributed by atoms with Crippen molar-refractivity contribution >= 4 is 17.7 Å². The molecule has 0 saturated carbocycles. The summed E-state index contributed by atoms with van der Waals surface area (Å²) in [4.78, 5) is 12.2. The van der Waals surface area contributed by atoms with Crippen LogP contribution < -0.4 is 15.4 Å². The third-order valence-corrected chi connectivity index (χ3v) is 4.98. The lowest BCUT2D eigenvalue weighted by Crippen LogP contribution is -2.41. The molecule has 0 aromatic heterocycles. The number of benzene rings is 2. The Morgan fingerprint density at radius 3 is 2.75 bits per heavy atom. The van der Waals surface area contributed by atoms with Crippen molar-refractivity contribution in [2.24, 2.45) is 0 Å². The van der Waals surface area contributed by atoms with Crippen LogP contribution in [0.15, 0.2) is 54.6 Å². The number of nitrogens with one attached hydrogen (secondary N) is 2. The third-order valence-electron chi connectivity index (χ3n) is 3.85. The van der Waals surface area contributed by atoms with Gasteiger partial charge in [0.15, 0.2) is 0 Å². The molecule has 0 spiro atoms. The zero-order valence-corrected chi connectivity index (χ0v) is 14.4. The fourth-order valence-corrected chi connectivity index (χ4v) is 3.55. The van der Waals surface area contributed by atoms with Gasteiger partial charge in [0, 0.05) is 42.6 Å². The highest BCUT2D eigenvalue weighted by atomic mass is 32.2. The normalized spacial score (nSPS) is 17.2. The monoisotopic (exact) mass is 342 g/mol. The first-order valence-corrected chi connectivity index (χ1v) is 9.35. The van der Waals surface area contributed by atoms with E-state index in [2.05, 4.69) is 10.6 Å². The molecule has 1 heterocycles. The quantitative estimate of drug-likeness (QED) is 0.846. The van der Waals surface area contributed by atoms with Gasteiger partial charge in [0.1, 0.15) is 11.5 Å². The Balaban J connectivity index is 1.55. The van der Waals surface area contributed by atoms with E-state index < -0.39 is 0 Å². The summed E-state index contributed by atoms with van der Waals surface area (Å²) in [6, 6.07) is 17.7. The summed E-state index contributed by atoms with van der Waals surface area (Å²) in [5, 5.41) is 6.39. The van der Waals surface area contributed by atoms with Crippen molar-refractivity contribution in [1.29, 1.82) is 0 Å². The van der Waals surface area contributed by atoms with Gasteiger partial charge < -0.3 is 15.4 Å². The number of rotatable bonds is 6. The summed E-state index contributed by atoms with van der Waals surface area (Å²) in [5.41, 5.74) is 0.973. The van der Waals surface area contributed by atoms with E-state index in [-0.39, 0.29) is 11.9 Å². The molecule has 24 heavy (non-hydrogen) atoms. The maximum Gasteiger partial charge on any atom is 0.221 e. The number of hydrogen-bond donors (Lipinski definition) is 2. The number of ether oxygens (including phenoxy) is 1. The number of amides is 1. The Bertz CT molecular complexity index is 657. The second-order valence-electron chi connectivity index (χ2n) is 5.73. The van der Waals surface area contributed by atoms with Crippen LogP contribution >= 0.6 is 11.8 Å². The van der Waals surface area contributed by atoms with Gasteiger partial charge in [-0.15, -0.1) is 0 Å². The average molecular weight is 342 g/mol. The van der Waals surface area contributed by atoms with Crippen LogP contribution in [0.1, 0.15) is 12.0 Å². The molecule has 0 bridgehead atoms. The molecule has 1 unspecified atom stereocenters. The van der Waals surface area contributed by atoms with Gasteiger partial charge in [0.05, 0.1) is 0 Å². The molecule has 5 heteroatoms. The molecule has 0 radical (unpaired) electrons. The highest BCUT2D eigenvalue weighted by Crippen LogP contribution is 2.24. The van der Waals surface area contributed by atoms with E-state index >= 15 is 0 Å². The summed E-state index contributed by atoms with van der Waals surface area (Å²) >= 11 is 1.90. The van der Waals surface area contributed by atoms with Gasteiger partial charge in [0.25, 0.3) is 0 Å². The van der Waals surface area contributed by atoms with E-state index in [0.717, 1.165) is 35.1 Å². The maximum atomic E-state index is 12.2. The van der Waals surface area contributed by atoms with E-state index in [0.29, 0.717) is 13.0 Å². The number of para-hydroxylation sites is 2. The Hall–Kier alpha value is -1.98. The molecule has 1 saturated heterocycles. The molecular weight excluding hydrogens is 320 g/mol. The molecule has 0 aliphatic carbocycles. The first-order valence-electron chi connectivity index (χ1n) is 8.20. The van der Waals surface area contributed by atoms with Crippen molar-refractivity contribution in [1.82, 2.24) is 10.6 Å². The number of thioether (sulfide) groups is 1.